The van der Waals surface area contributed by atoms with Gasteiger partial charge in [-0.1, -0.05) is 66.7 Å². The van der Waals surface area contributed by atoms with Crippen LogP contribution in [-0.2, 0) is 23.0 Å². The Kier molecular flexibility index (Phi) is 5.64. The fourth-order valence-corrected chi connectivity index (χ4v) is 7.45. The monoisotopic (exact) mass is 569 g/mol. The van der Waals surface area contributed by atoms with Gasteiger partial charge in [-0.3, -0.25) is 4.55 Å². The summed E-state index contributed by atoms with van der Waals surface area (Å²) in [6.45, 7) is 0.874. The molecule has 0 amide bonds. The quantitative estimate of drug-likeness (QED) is 0.260. The highest BCUT2D eigenvalue weighted by atomic mass is 32.2. The van der Waals surface area contributed by atoms with Crippen molar-refractivity contribution in [2.24, 2.45) is 0 Å². The number of hydrogen-bond acceptors (Lipinski definition) is 4. The van der Waals surface area contributed by atoms with Crippen LogP contribution in [-0.4, -0.2) is 19.5 Å². The van der Waals surface area contributed by atoms with Gasteiger partial charge >= 0.3 is 0 Å². The van der Waals surface area contributed by atoms with Gasteiger partial charge < -0.3 is 9.64 Å². The molecule has 0 aromatic heterocycles. The number of rotatable bonds is 3. The van der Waals surface area contributed by atoms with Crippen molar-refractivity contribution in [1.82, 2.24) is 0 Å². The molecule has 5 nitrogen and oxygen atoms in total. The van der Waals surface area contributed by atoms with Crippen LogP contribution in [0.4, 0.5) is 11.4 Å². The minimum Gasteiger partial charge on any atom is -0.456 e. The highest BCUT2D eigenvalue weighted by molar-refractivity contribution is 7.86. The van der Waals surface area contributed by atoms with Crippen molar-refractivity contribution in [3.05, 3.63) is 147 Å². The first-order valence-corrected chi connectivity index (χ1v) is 15.6. The molecule has 0 bridgehead atoms. The van der Waals surface area contributed by atoms with E-state index < -0.39 is 10.1 Å². The van der Waals surface area contributed by atoms with Gasteiger partial charge in [0.1, 0.15) is 16.4 Å². The molecule has 0 fully saturated rings. The van der Waals surface area contributed by atoms with Crippen molar-refractivity contribution in [3.63, 3.8) is 0 Å². The lowest BCUT2D eigenvalue weighted by Crippen LogP contribution is -2.22. The molecule has 8 rings (SSSR count). The number of anilines is 2. The maximum Gasteiger partial charge on any atom is 0.295 e. The fraction of sp³-hybridized carbons (Fsp3) is 0.111. The number of fused-ring (bicyclic) bond motifs is 4. The molecule has 0 atom stereocenters. The maximum atomic E-state index is 12.5. The van der Waals surface area contributed by atoms with Gasteiger partial charge in [0.05, 0.1) is 0 Å². The highest BCUT2D eigenvalue weighted by Gasteiger charge is 2.28. The normalized spacial score (nSPS) is 16.4. The molecule has 2 heterocycles. The standard InChI is InChI=1S/C36H27NO4S/c38-42(39,40)35-12-6-4-10-31(35)36-29-17-14-25(28-16-13-23-7-1-3-9-27(23)28)21-33(29)41-34-22-26(15-18-30(34)36)37-20-19-24-8-2-5-11-32(24)37/h1-12,14-15,17-18,21-22H,13,16,19-20H2,(H,38,39,40)/b28-25+. The molecule has 3 aliphatic rings. The second-order valence-corrected chi connectivity index (χ2v) is 12.4. The third-order valence-corrected chi connectivity index (χ3v) is 9.59. The average Bonchev–Trinajstić information content (AvgIpc) is 3.64. The van der Waals surface area contributed by atoms with E-state index in [1.165, 1.54) is 34.0 Å². The van der Waals surface area contributed by atoms with Crippen molar-refractivity contribution in [2.75, 3.05) is 11.4 Å². The second kappa shape index (κ2) is 9.44. The molecule has 2 aliphatic heterocycles. The summed E-state index contributed by atoms with van der Waals surface area (Å²) < 4.78 is 41.9. The summed E-state index contributed by atoms with van der Waals surface area (Å²) in [5, 5.41) is 1.88. The first kappa shape index (κ1) is 25.1. The zero-order valence-corrected chi connectivity index (χ0v) is 23.6. The predicted molar refractivity (Wildman–Crippen MR) is 165 cm³/mol. The van der Waals surface area contributed by atoms with Crippen molar-refractivity contribution in [3.8, 4) is 11.5 Å². The van der Waals surface area contributed by atoms with Crippen LogP contribution in [0.3, 0.4) is 0 Å². The highest BCUT2D eigenvalue weighted by Crippen LogP contribution is 2.42. The second-order valence-electron chi connectivity index (χ2n) is 11.0. The van der Waals surface area contributed by atoms with E-state index in [4.69, 9.17) is 4.74 Å². The summed E-state index contributed by atoms with van der Waals surface area (Å²) in [6, 6.07) is 35.8. The lowest BCUT2D eigenvalue weighted by atomic mass is 9.92. The topological polar surface area (TPSA) is 66.8 Å². The van der Waals surface area contributed by atoms with Gasteiger partial charge in [-0.2, -0.15) is 8.42 Å². The van der Waals surface area contributed by atoms with Gasteiger partial charge in [-0.05, 0) is 83.1 Å². The van der Waals surface area contributed by atoms with E-state index in [9.17, 15) is 13.0 Å². The zero-order chi connectivity index (χ0) is 28.4. The number of hydrogen-bond donors (Lipinski definition) is 1. The molecule has 1 aliphatic carbocycles. The number of nitrogens with zero attached hydrogens (tertiary/aromatic N) is 1. The van der Waals surface area contributed by atoms with E-state index in [2.05, 4.69) is 71.6 Å². The molecule has 0 spiro atoms. The van der Waals surface area contributed by atoms with Crippen LogP contribution in [0.2, 0.25) is 0 Å². The third kappa shape index (κ3) is 3.98. The molecule has 206 valence electrons. The molecule has 5 aromatic carbocycles. The average molecular weight is 570 g/mol. The van der Waals surface area contributed by atoms with E-state index in [1.807, 2.05) is 18.2 Å². The Labute approximate surface area is 244 Å². The summed E-state index contributed by atoms with van der Waals surface area (Å²) in [4.78, 5) is 2.17. The van der Waals surface area contributed by atoms with Gasteiger partial charge in [0.15, 0.2) is 0 Å². The Balaban J connectivity index is 1.37. The Hall–Kier alpha value is -4.65. The number of aryl methyl sites for hydroxylation is 1. The van der Waals surface area contributed by atoms with Crippen LogP contribution in [0.15, 0.2) is 114 Å². The molecule has 0 radical (unpaired) electrons. The Morgan fingerprint density at radius 1 is 0.667 bits per heavy atom. The number of para-hydroxylation sites is 1. The predicted octanol–water partition coefficient (Wildman–Crippen LogP) is 6.13. The fourth-order valence-electron chi connectivity index (χ4n) is 6.76. The first-order valence-electron chi connectivity index (χ1n) is 14.2. The van der Waals surface area contributed by atoms with Crippen LogP contribution in [0.1, 0.15) is 34.2 Å². The Bertz CT molecular complexity index is 2170. The summed E-state index contributed by atoms with van der Waals surface area (Å²) in [6.07, 6.45) is 2.93. The molecule has 1 N–H and O–H groups in total. The smallest absolute Gasteiger partial charge is 0.295 e. The van der Waals surface area contributed by atoms with Crippen LogP contribution < -0.4 is 20.1 Å². The van der Waals surface area contributed by atoms with Gasteiger partial charge in [0, 0.05) is 45.9 Å². The van der Waals surface area contributed by atoms with Crippen molar-refractivity contribution in [1.29, 1.82) is 0 Å². The van der Waals surface area contributed by atoms with Crippen molar-refractivity contribution in [2.45, 2.75) is 24.2 Å². The minimum atomic E-state index is -4.47. The van der Waals surface area contributed by atoms with E-state index >= 15 is 0 Å². The van der Waals surface area contributed by atoms with Crippen LogP contribution in [0.5, 0.6) is 11.5 Å². The van der Waals surface area contributed by atoms with Gasteiger partial charge in [0.25, 0.3) is 10.1 Å². The molecule has 6 heteroatoms. The van der Waals surface area contributed by atoms with E-state index in [0.29, 0.717) is 17.1 Å². The Morgan fingerprint density at radius 2 is 1.43 bits per heavy atom. The minimum absolute atomic E-state index is 0.125. The van der Waals surface area contributed by atoms with Crippen molar-refractivity contribution >= 4 is 32.6 Å². The van der Waals surface area contributed by atoms with E-state index in [1.54, 1.807) is 18.2 Å². The number of benzene rings is 5. The lowest BCUT2D eigenvalue weighted by molar-refractivity contribution is 0.471. The van der Waals surface area contributed by atoms with E-state index in [-0.39, 0.29) is 4.90 Å². The van der Waals surface area contributed by atoms with Gasteiger partial charge in [0.2, 0.25) is 0 Å². The summed E-state index contributed by atoms with van der Waals surface area (Å²) in [7, 11) is -4.47. The van der Waals surface area contributed by atoms with Gasteiger partial charge in [-0.25, -0.2) is 0 Å². The van der Waals surface area contributed by atoms with Crippen LogP contribution in [0.25, 0.3) is 11.1 Å². The van der Waals surface area contributed by atoms with Crippen molar-refractivity contribution < 1.29 is 17.7 Å². The molecule has 0 saturated heterocycles. The zero-order valence-electron chi connectivity index (χ0n) is 22.7. The first-order chi connectivity index (χ1) is 20.5. The van der Waals surface area contributed by atoms with Crippen LogP contribution in [0, 0.1) is 0 Å². The maximum absolute atomic E-state index is 12.5. The largest absolute Gasteiger partial charge is 0.456 e. The van der Waals surface area contributed by atoms with Gasteiger partial charge in [-0.15, -0.1) is 0 Å². The SMILES string of the molecule is O=S(=O)(O)c1ccccc1C1=c2cc/c(=C3/CCc4ccccc43)cc2Oc2cc(N3CCc4ccccc43)ccc21. The lowest BCUT2D eigenvalue weighted by Gasteiger charge is -2.25. The third-order valence-electron chi connectivity index (χ3n) is 8.67. The molecule has 0 saturated carbocycles. The molecular formula is C36H27NO4S. The van der Waals surface area contributed by atoms with Crippen LogP contribution >= 0.6 is 0 Å². The summed E-state index contributed by atoms with van der Waals surface area (Å²) in [5.41, 5.74) is 9.35. The van der Waals surface area contributed by atoms with E-state index in [0.717, 1.165) is 53.1 Å². The summed E-state index contributed by atoms with van der Waals surface area (Å²) in [5.74, 6) is 1.31. The molecule has 0 unspecified atom stereocenters. The molecule has 5 aromatic rings. The summed E-state index contributed by atoms with van der Waals surface area (Å²) >= 11 is 0. The number of ether oxygens (including phenoxy) is 1. The molecule has 42 heavy (non-hydrogen) atoms. The Morgan fingerprint density at radius 3 is 2.29 bits per heavy atom. The molecular weight excluding hydrogens is 542 g/mol.